The third-order valence-electron chi connectivity index (χ3n) is 5.72. The summed E-state index contributed by atoms with van der Waals surface area (Å²) in [6.45, 7) is 8.20. The normalized spacial score (nSPS) is 11.8. The molecule has 35 heavy (non-hydrogen) atoms. The van der Waals surface area contributed by atoms with E-state index >= 15 is 0 Å². The van der Waals surface area contributed by atoms with Crippen LogP contribution in [0, 0.1) is 6.92 Å². The third kappa shape index (κ3) is 4.42. The van der Waals surface area contributed by atoms with E-state index in [9.17, 15) is 4.79 Å². The summed E-state index contributed by atoms with van der Waals surface area (Å²) in [7, 11) is 1.87. The van der Waals surface area contributed by atoms with Gasteiger partial charge < -0.3 is 9.84 Å². The summed E-state index contributed by atoms with van der Waals surface area (Å²) in [5.74, 6) is 0.0821. The highest BCUT2D eigenvalue weighted by molar-refractivity contribution is 5.90. The van der Waals surface area contributed by atoms with E-state index in [0.29, 0.717) is 12.4 Å². The summed E-state index contributed by atoms with van der Waals surface area (Å²) in [6, 6.07) is 8.00. The number of aromatic nitrogens is 7. The second-order valence-corrected chi connectivity index (χ2v) is 9.54. The summed E-state index contributed by atoms with van der Waals surface area (Å²) < 4.78 is 8.79. The Balaban J connectivity index is 1.39. The van der Waals surface area contributed by atoms with Crippen LogP contribution < -0.4 is 5.32 Å². The standard InChI is InChI=1S/C25H26N8O2/c1-15-10-16(6-7-17(15)11-26-23(34)22-30-24(35-31-22)25(2,3)4)21-20-8-9-27-33(20)14-19(29-21)18-12-28-32(5)13-18/h6-10,12-14H,11H2,1-5H3,(H,26,34). The predicted octanol–water partition coefficient (Wildman–Crippen LogP) is 3.72. The number of benzene rings is 1. The third-order valence-corrected chi connectivity index (χ3v) is 5.72. The van der Waals surface area contributed by atoms with Gasteiger partial charge in [0.15, 0.2) is 0 Å². The maximum absolute atomic E-state index is 12.5. The zero-order valence-corrected chi connectivity index (χ0v) is 20.3. The Morgan fingerprint density at radius 1 is 1.09 bits per heavy atom. The van der Waals surface area contributed by atoms with Crippen molar-refractivity contribution in [2.45, 2.75) is 39.7 Å². The van der Waals surface area contributed by atoms with Crippen LogP contribution in [-0.4, -0.2) is 40.4 Å². The van der Waals surface area contributed by atoms with Crippen LogP contribution in [-0.2, 0) is 19.0 Å². The van der Waals surface area contributed by atoms with Gasteiger partial charge in [-0.15, -0.1) is 0 Å². The first kappa shape index (κ1) is 22.5. The highest BCUT2D eigenvalue weighted by Crippen LogP contribution is 2.28. The fourth-order valence-corrected chi connectivity index (χ4v) is 3.75. The van der Waals surface area contributed by atoms with Crippen LogP contribution >= 0.6 is 0 Å². The molecule has 0 bridgehead atoms. The van der Waals surface area contributed by atoms with Crippen molar-refractivity contribution in [1.82, 2.24) is 39.8 Å². The lowest BCUT2D eigenvalue weighted by Crippen LogP contribution is -2.24. The van der Waals surface area contributed by atoms with Crippen LogP contribution in [0.25, 0.3) is 28.0 Å². The second-order valence-electron chi connectivity index (χ2n) is 9.54. The summed E-state index contributed by atoms with van der Waals surface area (Å²) >= 11 is 0. The highest BCUT2D eigenvalue weighted by Gasteiger charge is 2.24. The maximum Gasteiger partial charge on any atom is 0.292 e. The van der Waals surface area contributed by atoms with Crippen molar-refractivity contribution >= 4 is 11.4 Å². The van der Waals surface area contributed by atoms with Gasteiger partial charge >= 0.3 is 0 Å². The summed E-state index contributed by atoms with van der Waals surface area (Å²) in [5.41, 5.74) is 6.08. The van der Waals surface area contributed by atoms with Crippen molar-refractivity contribution in [1.29, 1.82) is 0 Å². The lowest BCUT2D eigenvalue weighted by atomic mass is 9.97. The van der Waals surface area contributed by atoms with Crippen LogP contribution in [0.5, 0.6) is 0 Å². The molecule has 0 spiro atoms. The second kappa shape index (κ2) is 8.46. The molecule has 1 amide bonds. The molecule has 0 aliphatic heterocycles. The molecule has 4 aromatic heterocycles. The van der Waals surface area contributed by atoms with Gasteiger partial charge in [-0.1, -0.05) is 38.1 Å². The van der Waals surface area contributed by atoms with Crippen LogP contribution in [0.1, 0.15) is 48.4 Å². The molecule has 0 aliphatic rings. The number of nitrogens with zero attached hydrogens (tertiary/aromatic N) is 7. The van der Waals surface area contributed by atoms with E-state index in [1.807, 2.05) is 69.9 Å². The largest absolute Gasteiger partial charge is 0.345 e. The van der Waals surface area contributed by atoms with Crippen molar-refractivity contribution in [2.75, 3.05) is 0 Å². The van der Waals surface area contributed by atoms with Gasteiger partial charge in [0.1, 0.15) is 0 Å². The lowest BCUT2D eigenvalue weighted by Gasteiger charge is -2.11. The number of rotatable bonds is 5. The summed E-state index contributed by atoms with van der Waals surface area (Å²) in [6.07, 6.45) is 7.36. The first-order valence-electron chi connectivity index (χ1n) is 11.2. The summed E-state index contributed by atoms with van der Waals surface area (Å²) in [5, 5.41) is 15.4. The van der Waals surface area contributed by atoms with Gasteiger partial charge in [0.2, 0.25) is 5.89 Å². The number of fused-ring (bicyclic) bond motifs is 1. The molecule has 10 heteroatoms. The number of carbonyl (C=O) groups excluding carboxylic acids is 1. The number of hydrogen-bond acceptors (Lipinski definition) is 7. The van der Waals surface area contributed by atoms with Gasteiger partial charge in [-0.3, -0.25) is 9.48 Å². The monoisotopic (exact) mass is 470 g/mol. The fraction of sp³-hybridized carbons (Fsp3) is 0.280. The van der Waals surface area contributed by atoms with Crippen molar-refractivity contribution in [3.8, 4) is 22.5 Å². The average Bonchev–Trinajstić information content (AvgIpc) is 3.57. The molecule has 0 fully saturated rings. The SMILES string of the molecule is Cc1cc(-c2nc(-c3cnn(C)c3)cn3nccc23)ccc1CNC(=O)c1noc(C(C)(C)C)n1. The van der Waals surface area contributed by atoms with E-state index in [0.717, 1.165) is 39.2 Å². The molecule has 5 aromatic rings. The Labute approximate surface area is 202 Å². The highest BCUT2D eigenvalue weighted by atomic mass is 16.5. The molecular weight excluding hydrogens is 444 g/mol. The quantitative estimate of drug-likeness (QED) is 0.416. The van der Waals surface area contributed by atoms with E-state index in [-0.39, 0.29) is 17.1 Å². The first-order chi connectivity index (χ1) is 16.7. The number of nitrogens with one attached hydrogen (secondary N) is 1. The predicted molar refractivity (Wildman–Crippen MR) is 130 cm³/mol. The van der Waals surface area contributed by atoms with E-state index in [2.05, 4.69) is 31.7 Å². The zero-order chi connectivity index (χ0) is 24.7. The number of amides is 1. The fourth-order valence-electron chi connectivity index (χ4n) is 3.75. The molecular formula is C25H26N8O2. The minimum absolute atomic E-state index is 0.0312. The Hall–Kier alpha value is -4.34. The smallest absolute Gasteiger partial charge is 0.292 e. The Kier molecular flexibility index (Phi) is 5.43. The van der Waals surface area contributed by atoms with E-state index in [4.69, 9.17) is 9.51 Å². The Morgan fingerprint density at radius 3 is 2.60 bits per heavy atom. The molecule has 5 rings (SSSR count). The minimum Gasteiger partial charge on any atom is -0.345 e. The average molecular weight is 471 g/mol. The topological polar surface area (TPSA) is 116 Å². The molecule has 4 heterocycles. The van der Waals surface area contributed by atoms with E-state index < -0.39 is 0 Å². The van der Waals surface area contributed by atoms with Gasteiger partial charge in [-0.05, 0) is 30.2 Å². The van der Waals surface area contributed by atoms with Gasteiger partial charge in [0.25, 0.3) is 11.7 Å². The lowest BCUT2D eigenvalue weighted by molar-refractivity contribution is 0.0937. The molecule has 0 unspecified atom stereocenters. The first-order valence-corrected chi connectivity index (χ1v) is 11.2. The molecule has 0 radical (unpaired) electrons. The summed E-state index contributed by atoms with van der Waals surface area (Å²) in [4.78, 5) is 21.7. The number of hydrogen-bond donors (Lipinski definition) is 1. The minimum atomic E-state index is -0.375. The molecule has 1 N–H and O–H groups in total. The number of aryl methyl sites for hydroxylation is 2. The van der Waals surface area contributed by atoms with Gasteiger partial charge in [0.05, 0.1) is 35.5 Å². The van der Waals surface area contributed by atoms with Crippen molar-refractivity contribution in [3.05, 3.63) is 71.9 Å². The molecule has 0 saturated heterocycles. The van der Waals surface area contributed by atoms with Crippen molar-refractivity contribution in [2.24, 2.45) is 7.05 Å². The van der Waals surface area contributed by atoms with Crippen molar-refractivity contribution < 1.29 is 9.32 Å². The maximum atomic E-state index is 12.5. The van der Waals surface area contributed by atoms with Crippen LogP contribution in [0.3, 0.4) is 0 Å². The van der Waals surface area contributed by atoms with Gasteiger partial charge in [-0.2, -0.15) is 15.2 Å². The van der Waals surface area contributed by atoms with E-state index in [1.54, 1.807) is 17.1 Å². The van der Waals surface area contributed by atoms with Crippen LogP contribution in [0.15, 0.2) is 53.6 Å². The van der Waals surface area contributed by atoms with E-state index in [1.165, 1.54) is 0 Å². The molecule has 1 aromatic carbocycles. The molecule has 0 atom stereocenters. The Morgan fingerprint density at radius 2 is 1.91 bits per heavy atom. The number of carbonyl (C=O) groups is 1. The molecule has 10 nitrogen and oxygen atoms in total. The zero-order valence-electron chi connectivity index (χ0n) is 20.3. The van der Waals surface area contributed by atoms with Crippen LogP contribution in [0.4, 0.5) is 0 Å². The van der Waals surface area contributed by atoms with Crippen molar-refractivity contribution in [3.63, 3.8) is 0 Å². The van der Waals surface area contributed by atoms with Gasteiger partial charge in [-0.25, -0.2) is 9.50 Å². The van der Waals surface area contributed by atoms with Gasteiger partial charge in [0, 0.05) is 36.3 Å². The Bertz CT molecular complexity index is 1540. The van der Waals surface area contributed by atoms with Crippen LogP contribution in [0.2, 0.25) is 0 Å². The molecule has 0 aliphatic carbocycles. The molecule has 178 valence electrons. The molecule has 0 saturated carbocycles.